The number of rotatable bonds is 8. The highest BCUT2D eigenvalue weighted by molar-refractivity contribution is 5.87. The van der Waals surface area contributed by atoms with Gasteiger partial charge in [0.2, 0.25) is 5.75 Å². The number of imidazole rings is 2. The fraction of sp³-hybridized carbons (Fsp3) is 0.333. The second-order valence-corrected chi connectivity index (χ2v) is 9.85. The maximum absolute atomic E-state index is 5.52. The SMILES string of the molecule is CCCN1CCN(c2ccc3nc(-c4ccc5nc(-c6cc(OC)c(OC)c(OC)c6)[nH]c5c4)[nH]c3c2)CC1. The molecule has 9 nitrogen and oxygen atoms in total. The standard InChI is InChI=1S/C30H34N6O3/c1-5-10-35-11-13-36(14-12-35)21-7-9-23-25(18-21)34-29(31-23)19-6-8-22-24(15-19)33-30(32-22)20-16-26(37-2)28(39-4)27(17-20)38-3/h6-9,15-18H,5,10-14H2,1-4H3,(H,31,34)(H,32,33). The molecule has 0 bridgehead atoms. The number of anilines is 1. The van der Waals surface area contributed by atoms with Gasteiger partial charge < -0.3 is 29.1 Å². The molecule has 0 saturated carbocycles. The lowest BCUT2D eigenvalue weighted by Crippen LogP contribution is -2.46. The van der Waals surface area contributed by atoms with Crippen LogP contribution in [0.1, 0.15) is 13.3 Å². The van der Waals surface area contributed by atoms with Crippen LogP contribution >= 0.6 is 0 Å². The molecule has 0 amide bonds. The molecule has 1 fully saturated rings. The monoisotopic (exact) mass is 526 g/mol. The number of piperazine rings is 1. The summed E-state index contributed by atoms with van der Waals surface area (Å²) in [7, 11) is 4.81. The van der Waals surface area contributed by atoms with Crippen LogP contribution in [0, 0.1) is 0 Å². The lowest BCUT2D eigenvalue weighted by molar-refractivity contribution is 0.258. The number of hydrogen-bond donors (Lipinski definition) is 2. The first-order valence-electron chi connectivity index (χ1n) is 13.4. The van der Waals surface area contributed by atoms with Gasteiger partial charge in [-0.15, -0.1) is 0 Å². The number of benzene rings is 3. The van der Waals surface area contributed by atoms with Gasteiger partial charge in [-0.05, 0) is 61.5 Å². The molecule has 1 saturated heterocycles. The molecule has 1 aliphatic rings. The van der Waals surface area contributed by atoms with E-state index in [-0.39, 0.29) is 0 Å². The minimum absolute atomic E-state index is 0.550. The summed E-state index contributed by atoms with van der Waals surface area (Å²) in [5, 5.41) is 0. The predicted octanol–water partition coefficient (Wildman–Crippen LogP) is 5.33. The van der Waals surface area contributed by atoms with Gasteiger partial charge in [0.05, 0.1) is 43.4 Å². The average molecular weight is 527 g/mol. The van der Waals surface area contributed by atoms with Crippen LogP contribution in [0.3, 0.4) is 0 Å². The van der Waals surface area contributed by atoms with Gasteiger partial charge in [-0.25, -0.2) is 9.97 Å². The summed E-state index contributed by atoms with van der Waals surface area (Å²) in [6, 6.07) is 16.4. The Morgan fingerprint density at radius 2 is 1.33 bits per heavy atom. The molecule has 5 aromatic rings. The zero-order chi connectivity index (χ0) is 26.9. The van der Waals surface area contributed by atoms with Crippen molar-refractivity contribution in [1.29, 1.82) is 0 Å². The molecule has 6 rings (SSSR count). The Labute approximate surface area is 227 Å². The summed E-state index contributed by atoms with van der Waals surface area (Å²) >= 11 is 0. The molecular weight excluding hydrogens is 492 g/mol. The molecule has 3 heterocycles. The van der Waals surface area contributed by atoms with E-state index in [1.165, 1.54) is 18.7 Å². The van der Waals surface area contributed by atoms with Crippen molar-refractivity contribution in [2.75, 3.05) is 59.0 Å². The van der Waals surface area contributed by atoms with E-state index < -0.39 is 0 Å². The summed E-state index contributed by atoms with van der Waals surface area (Å²) in [5.74, 6) is 3.26. The number of aromatic amines is 2. The van der Waals surface area contributed by atoms with Crippen molar-refractivity contribution < 1.29 is 14.2 Å². The fourth-order valence-corrected chi connectivity index (χ4v) is 5.39. The van der Waals surface area contributed by atoms with Crippen molar-refractivity contribution in [1.82, 2.24) is 24.8 Å². The maximum atomic E-state index is 5.52. The minimum atomic E-state index is 0.550. The quantitative estimate of drug-likeness (QED) is 0.282. The number of fused-ring (bicyclic) bond motifs is 2. The zero-order valence-corrected chi connectivity index (χ0v) is 22.9. The smallest absolute Gasteiger partial charge is 0.203 e. The Bertz CT molecular complexity index is 1590. The van der Waals surface area contributed by atoms with Gasteiger partial charge in [0, 0.05) is 43.0 Å². The van der Waals surface area contributed by atoms with E-state index in [0.29, 0.717) is 17.2 Å². The molecule has 1 aliphatic heterocycles. The molecule has 39 heavy (non-hydrogen) atoms. The first-order valence-corrected chi connectivity index (χ1v) is 13.4. The lowest BCUT2D eigenvalue weighted by atomic mass is 10.1. The van der Waals surface area contributed by atoms with Gasteiger partial charge in [0.15, 0.2) is 11.5 Å². The highest BCUT2D eigenvalue weighted by atomic mass is 16.5. The number of aromatic nitrogens is 4. The van der Waals surface area contributed by atoms with Gasteiger partial charge in [-0.3, -0.25) is 4.90 Å². The van der Waals surface area contributed by atoms with E-state index in [4.69, 9.17) is 24.2 Å². The fourth-order valence-electron chi connectivity index (χ4n) is 5.39. The van der Waals surface area contributed by atoms with Crippen LogP contribution in [0.4, 0.5) is 5.69 Å². The van der Waals surface area contributed by atoms with E-state index in [9.17, 15) is 0 Å². The van der Waals surface area contributed by atoms with Gasteiger partial charge in [-0.2, -0.15) is 0 Å². The second-order valence-electron chi connectivity index (χ2n) is 9.85. The summed E-state index contributed by atoms with van der Waals surface area (Å²) in [6.45, 7) is 7.76. The first-order chi connectivity index (χ1) is 19.1. The van der Waals surface area contributed by atoms with Crippen LogP contribution in [0.5, 0.6) is 17.2 Å². The third kappa shape index (κ3) is 4.74. The largest absolute Gasteiger partial charge is 0.493 e. The summed E-state index contributed by atoms with van der Waals surface area (Å²) in [6.07, 6.45) is 1.21. The Morgan fingerprint density at radius 1 is 0.718 bits per heavy atom. The minimum Gasteiger partial charge on any atom is -0.493 e. The molecule has 0 aliphatic carbocycles. The highest BCUT2D eigenvalue weighted by Crippen LogP contribution is 2.41. The number of ether oxygens (including phenoxy) is 3. The van der Waals surface area contributed by atoms with E-state index in [1.54, 1.807) is 21.3 Å². The molecule has 2 aromatic heterocycles. The van der Waals surface area contributed by atoms with E-state index in [0.717, 1.165) is 71.0 Å². The van der Waals surface area contributed by atoms with Crippen LogP contribution in [-0.2, 0) is 0 Å². The molecule has 3 aromatic carbocycles. The van der Waals surface area contributed by atoms with Crippen LogP contribution in [0.25, 0.3) is 44.8 Å². The van der Waals surface area contributed by atoms with Crippen molar-refractivity contribution in [3.63, 3.8) is 0 Å². The molecule has 0 radical (unpaired) electrons. The van der Waals surface area contributed by atoms with Crippen LogP contribution in [0.2, 0.25) is 0 Å². The topological polar surface area (TPSA) is 91.5 Å². The van der Waals surface area contributed by atoms with Gasteiger partial charge in [0.25, 0.3) is 0 Å². The Balaban J connectivity index is 1.28. The number of nitrogens with zero attached hydrogens (tertiary/aromatic N) is 4. The molecular formula is C30H34N6O3. The third-order valence-electron chi connectivity index (χ3n) is 7.44. The Morgan fingerprint density at radius 3 is 1.95 bits per heavy atom. The van der Waals surface area contributed by atoms with Crippen molar-refractivity contribution in [2.24, 2.45) is 0 Å². The predicted molar refractivity (Wildman–Crippen MR) is 155 cm³/mol. The van der Waals surface area contributed by atoms with Gasteiger partial charge in [0.1, 0.15) is 11.6 Å². The second kappa shape index (κ2) is 10.5. The van der Waals surface area contributed by atoms with E-state index in [2.05, 4.69) is 51.0 Å². The zero-order valence-electron chi connectivity index (χ0n) is 22.9. The third-order valence-corrected chi connectivity index (χ3v) is 7.44. The number of methoxy groups -OCH3 is 3. The van der Waals surface area contributed by atoms with Crippen LogP contribution in [0.15, 0.2) is 48.5 Å². The first kappa shape index (κ1) is 25.1. The van der Waals surface area contributed by atoms with Crippen LogP contribution < -0.4 is 19.1 Å². The molecule has 0 atom stereocenters. The van der Waals surface area contributed by atoms with Crippen molar-refractivity contribution in [3.05, 3.63) is 48.5 Å². The van der Waals surface area contributed by atoms with Crippen molar-refractivity contribution >= 4 is 27.8 Å². The lowest BCUT2D eigenvalue weighted by Gasteiger charge is -2.36. The highest BCUT2D eigenvalue weighted by Gasteiger charge is 2.19. The van der Waals surface area contributed by atoms with E-state index in [1.807, 2.05) is 24.3 Å². The molecule has 0 unspecified atom stereocenters. The number of hydrogen-bond acceptors (Lipinski definition) is 7. The van der Waals surface area contributed by atoms with E-state index >= 15 is 0 Å². The molecule has 0 spiro atoms. The summed E-state index contributed by atoms with van der Waals surface area (Å²) in [5.41, 5.74) is 6.86. The summed E-state index contributed by atoms with van der Waals surface area (Å²) in [4.78, 5) is 21.7. The average Bonchev–Trinajstić information content (AvgIpc) is 3.60. The Hall–Kier alpha value is -4.24. The Kier molecular flexibility index (Phi) is 6.74. The number of H-pyrrole nitrogens is 2. The normalized spacial score (nSPS) is 14.3. The number of nitrogens with one attached hydrogen (secondary N) is 2. The van der Waals surface area contributed by atoms with Crippen molar-refractivity contribution in [2.45, 2.75) is 13.3 Å². The maximum Gasteiger partial charge on any atom is 0.203 e. The van der Waals surface area contributed by atoms with Gasteiger partial charge in [-0.1, -0.05) is 6.92 Å². The van der Waals surface area contributed by atoms with Gasteiger partial charge >= 0.3 is 0 Å². The molecule has 202 valence electrons. The van der Waals surface area contributed by atoms with Crippen LogP contribution in [-0.4, -0.2) is 78.9 Å². The molecule has 2 N–H and O–H groups in total. The van der Waals surface area contributed by atoms with Crippen molar-refractivity contribution in [3.8, 4) is 40.0 Å². The summed E-state index contributed by atoms with van der Waals surface area (Å²) < 4.78 is 16.5. The molecule has 9 heteroatoms.